The van der Waals surface area contributed by atoms with Crippen molar-refractivity contribution in [3.63, 3.8) is 0 Å². The molecule has 0 saturated carbocycles. The van der Waals surface area contributed by atoms with Crippen LogP contribution in [0.15, 0.2) is 47.4 Å². The number of halogens is 4. The number of nitrogens with two attached hydrogens (primary N) is 1. The van der Waals surface area contributed by atoms with Gasteiger partial charge in [-0.3, -0.25) is 9.59 Å². The Morgan fingerprint density at radius 3 is 2.48 bits per heavy atom. The van der Waals surface area contributed by atoms with Crippen LogP contribution in [-0.4, -0.2) is 17.0 Å². The van der Waals surface area contributed by atoms with Gasteiger partial charge in [0, 0.05) is 29.6 Å². The maximum absolute atomic E-state index is 13.8. The Bertz CT molecular complexity index is 1200. The SMILES string of the molecule is Cc1ccc2c(=O)n(C(C)CN)ccc2c1NC(=O)Cc1ccc(C(F)(F)F)c(F)c1. The van der Waals surface area contributed by atoms with Gasteiger partial charge < -0.3 is 15.6 Å². The molecule has 3 N–H and O–H groups in total. The molecular weight excluding hydrogens is 414 g/mol. The van der Waals surface area contributed by atoms with Crippen LogP contribution in [0.3, 0.4) is 0 Å². The summed E-state index contributed by atoms with van der Waals surface area (Å²) >= 11 is 0. The third-order valence-electron chi connectivity index (χ3n) is 5.10. The van der Waals surface area contributed by atoms with Crippen molar-refractivity contribution >= 4 is 22.4 Å². The fourth-order valence-corrected chi connectivity index (χ4v) is 3.34. The Morgan fingerprint density at radius 1 is 1.16 bits per heavy atom. The second kappa shape index (κ2) is 8.50. The third kappa shape index (κ3) is 4.61. The zero-order chi connectivity index (χ0) is 22.9. The van der Waals surface area contributed by atoms with Gasteiger partial charge in [-0.05, 0) is 49.2 Å². The molecule has 0 spiro atoms. The molecule has 0 aliphatic carbocycles. The van der Waals surface area contributed by atoms with Crippen LogP contribution in [0.4, 0.5) is 23.2 Å². The van der Waals surface area contributed by atoms with Crippen LogP contribution in [-0.2, 0) is 17.4 Å². The number of rotatable bonds is 5. The summed E-state index contributed by atoms with van der Waals surface area (Å²) in [5.74, 6) is -1.98. The number of fused-ring (bicyclic) bond motifs is 1. The molecule has 3 aromatic rings. The normalized spacial score (nSPS) is 12.7. The van der Waals surface area contributed by atoms with Gasteiger partial charge in [0.1, 0.15) is 5.82 Å². The van der Waals surface area contributed by atoms with Crippen LogP contribution in [0, 0.1) is 12.7 Å². The first kappa shape index (κ1) is 22.5. The highest BCUT2D eigenvalue weighted by Crippen LogP contribution is 2.32. The molecule has 0 aliphatic rings. The number of anilines is 1. The lowest BCUT2D eigenvalue weighted by atomic mass is 10.0. The molecule has 1 amide bonds. The number of carbonyl (C=O) groups excluding carboxylic acids is 1. The standard InChI is InChI=1S/C22H21F4N3O2/c1-12-3-5-16-15(7-8-29(21(16)31)13(2)11-27)20(12)28-19(30)10-14-4-6-17(18(23)9-14)22(24,25)26/h3-9,13H,10-11,27H2,1-2H3,(H,28,30). The highest BCUT2D eigenvalue weighted by Gasteiger charge is 2.34. The number of alkyl halides is 3. The largest absolute Gasteiger partial charge is 0.419 e. The minimum absolute atomic E-state index is 0.0972. The van der Waals surface area contributed by atoms with E-state index in [2.05, 4.69) is 5.32 Å². The van der Waals surface area contributed by atoms with Crippen molar-refractivity contribution in [3.05, 3.63) is 75.5 Å². The van der Waals surface area contributed by atoms with E-state index in [-0.39, 0.29) is 30.1 Å². The first-order chi connectivity index (χ1) is 14.5. The van der Waals surface area contributed by atoms with Crippen molar-refractivity contribution in [2.24, 2.45) is 5.73 Å². The van der Waals surface area contributed by atoms with Crippen molar-refractivity contribution in [1.82, 2.24) is 4.57 Å². The van der Waals surface area contributed by atoms with Gasteiger partial charge in [0.25, 0.3) is 5.56 Å². The van der Waals surface area contributed by atoms with Gasteiger partial charge in [-0.2, -0.15) is 13.2 Å². The van der Waals surface area contributed by atoms with Gasteiger partial charge in [-0.15, -0.1) is 0 Å². The summed E-state index contributed by atoms with van der Waals surface area (Å²) in [6.07, 6.45) is -3.53. The van der Waals surface area contributed by atoms with Crippen LogP contribution in [0.25, 0.3) is 10.8 Å². The van der Waals surface area contributed by atoms with Crippen LogP contribution in [0.5, 0.6) is 0 Å². The van der Waals surface area contributed by atoms with Gasteiger partial charge in [0.15, 0.2) is 0 Å². The molecule has 0 fully saturated rings. The number of aryl methyl sites for hydroxylation is 1. The lowest BCUT2D eigenvalue weighted by Crippen LogP contribution is -2.27. The van der Waals surface area contributed by atoms with Gasteiger partial charge in [-0.25, -0.2) is 4.39 Å². The molecule has 1 aromatic heterocycles. The Kier molecular flexibility index (Phi) is 6.17. The maximum Gasteiger partial charge on any atom is 0.419 e. The minimum atomic E-state index is -4.81. The second-order valence-electron chi connectivity index (χ2n) is 7.37. The Labute approximate surface area is 175 Å². The van der Waals surface area contributed by atoms with Crippen molar-refractivity contribution in [3.8, 4) is 0 Å². The molecule has 0 radical (unpaired) electrons. The van der Waals surface area contributed by atoms with E-state index in [0.717, 1.165) is 6.07 Å². The summed E-state index contributed by atoms with van der Waals surface area (Å²) in [7, 11) is 0. The number of hydrogen-bond acceptors (Lipinski definition) is 3. The van der Waals surface area contributed by atoms with Crippen molar-refractivity contribution in [2.45, 2.75) is 32.5 Å². The quantitative estimate of drug-likeness (QED) is 0.591. The summed E-state index contributed by atoms with van der Waals surface area (Å²) in [5.41, 5.74) is 5.22. The average Bonchev–Trinajstić information content (AvgIpc) is 2.69. The Hall–Kier alpha value is -3.20. The number of carbonyl (C=O) groups is 1. The van der Waals surface area contributed by atoms with Gasteiger partial charge in [0.2, 0.25) is 5.91 Å². The fourth-order valence-electron chi connectivity index (χ4n) is 3.34. The van der Waals surface area contributed by atoms with Crippen molar-refractivity contribution < 1.29 is 22.4 Å². The van der Waals surface area contributed by atoms with Gasteiger partial charge in [-0.1, -0.05) is 12.1 Å². The van der Waals surface area contributed by atoms with Gasteiger partial charge >= 0.3 is 6.18 Å². The lowest BCUT2D eigenvalue weighted by molar-refractivity contribution is -0.140. The van der Waals surface area contributed by atoms with E-state index in [1.54, 1.807) is 31.3 Å². The molecule has 0 saturated heterocycles. The maximum atomic E-state index is 13.8. The molecule has 3 rings (SSSR count). The Morgan fingerprint density at radius 2 is 1.87 bits per heavy atom. The first-order valence-corrected chi connectivity index (χ1v) is 9.53. The molecule has 1 atom stereocenters. The summed E-state index contributed by atoms with van der Waals surface area (Å²) in [6.45, 7) is 3.85. The first-order valence-electron chi connectivity index (χ1n) is 9.53. The molecule has 5 nitrogen and oxygen atoms in total. The van der Waals surface area contributed by atoms with E-state index in [1.165, 1.54) is 4.57 Å². The van der Waals surface area contributed by atoms with Crippen LogP contribution >= 0.6 is 0 Å². The van der Waals surface area contributed by atoms with E-state index in [4.69, 9.17) is 5.73 Å². The average molecular weight is 435 g/mol. The Balaban J connectivity index is 1.90. The molecular formula is C22H21F4N3O2. The second-order valence-corrected chi connectivity index (χ2v) is 7.37. The smallest absolute Gasteiger partial charge is 0.328 e. The fraction of sp³-hybridized carbons (Fsp3) is 0.273. The third-order valence-corrected chi connectivity index (χ3v) is 5.10. The van der Waals surface area contributed by atoms with E-state index < -0.39 is 23.5 Å². The number of hydrogen-bond donors (Lipinski definition) is 2. The highest BCUT2D eigenvalue weighted by atomic mass is 19.4. The topological polar surface area (TPSA) is 77.1 Å². The summed E-state index contributed by atoms with van der Waals surface area (Å²) in [4.78, 5) is 25.3. The van der Waals surface area contributed by atoms with Crippen LogP contribution in [0.2, 0.25) is 0 Å². The predicted molar refractivity (Wildman–Crippen MR) is 110 cm³/mol. The summed E-state index contributed by atoms with van der Waals surface area (Å²) in [6, 6.07) is 7.22. The monoisotopic (exact) mass is 435 g/mol. The molecule has 1 unspecified atom stereocenters. The van der Waals surface area contributed by atoms with Crippen LogP contribution in [0.1, 0.15) is 29.7 Å². The summed E-state index contributed by atoms with van der Waals surface area (Å²) < 4.78 is 53.4. The zero-order valence-electron chi connectivity index (χ0n) is 16.9. The number of benzene rings is 2. The van der Waals surface area contributed by atoms with Gasteiger partial charge in [0.05, 0.1) is 17.7 Å². The predicted octanol–water partition coefficient (Wildman–Crippen LogP) is 4.17. The number of nitrogens with zero attached hydrogens (tertiary/aromatic N) is 1. The number of amides is 1. The van der Waals surface area contributed by atoms with Crippen molar-refractivity contribution in [1.29, 1.82) is 0 Å². The van der Waals surface area contributed by atoms with E-state index in [1.807, 2.05) is 6.92 Å². The molecule has 2 aromatic carbocycles. The minimum Gasteiger partial charge on any atom is -0.328 e. The lowest BCUT2D eigenvalue weighted by Gasteiger charge is -2.16. The molecule has 0 bridgehead atoms. The summed E-state index contributed by atoms with van der Waals surface area (Å²) in [5, 5.41) is 3.62. The van der Waals surface area contributed by atoms with E-state index in [0.29, 0.717) is 34.2 Å². The highest BCUT2D eigenvalue weighted by molar-refractivity contribution is 6.03. The van der Waals surface area contributed by atoms with Crippen molar-refractivity contribution in [2.75, 3.05) is 11.9 Å². The molecule has 9 heteroatoms. The molecule has 31 heavy (non-hydrogen) atoms. The van der Waals surface area contributed by atoms with E-state index >= 15 is 0 Å². The molecule has 0 aliphatic heterocycles. The number of nitrogens with one attached hydrogen (secondary N) is 1. The molecule has 164 valence electrons. The number of pyridine rings is 1. The zero-order valence-corrected chi connectivity index (χ0v) is 16.9. The van der Waals surface area contributed by atoms with Crippen LogP contribution < -0.4 is 16.6 Å². The molecule has 1 heterocycles. The van der Waals surface area contributed by atoms with E-state index in [9.17, 15) is 27.2 Å². The number of aromatic nitrogens is 1.